The van der Waals surface area contributed by atoms with Gasteiger partial charge in [0, 0.05) is 0 Å². The van der Waals surface area contributed by atoms with E-state index in [1.165, 1.54) is 11.9 Å². The Balaban J connectivity index is 2.05. The molecule has 1 amide bonds. The highest BCUT2D eigenvalue weighted by atomic mass is 16.5. The van der Waals surface area contributed by atoms with Crippen LogP contribution in [0.3, 0.4) is 0 Å². The number of amides is 1. The molecule has 0 saturated carbocycles. The molecule has 1 aromatic carbocycles. The Morgan fingerprint density at radius 1 is 1.04 bits per heavy atom. The topological polar surface area (TPSA) is 93.2 Å². The maximum atomic E-state index is 12.5. The third kappa shape index (κ3) is 6.13. The number of esters is 1. The second-order valence-electron chi connectivity index (χ2n) is 6.26. The Morgan fingerprint density at radius 3 is 2.39 bits per heavy atom. The first-order valence-corrected chi connectivity index (χ1v) is 9.68. The molecule has 0 atom stereocenters. The molecule has 0 unspecified atom stereocenters. The lowest BCUT2D eigenvalue weighted by molar-refractivity contribution is -0.115. The van der Waals surface area contributed by atoms with E-state index in [0.29, 0.717) is 12.1 Å². The second kappa shape index (κ2) is 11.1. The minimum Gasteiger partial charge on any atom is -0.462 e. The summed E-state index contributed by atoms with van der Waals surface area (Å²) in [5.74, 6) is -0.579. The van der Waals surface area contributed by atoms with Crippen LogP contribution in [0.2, 0.25) is 0 Å². The zero-order valence-electron chi connectivity index (χ0n) is 16.7. The smallest absolute Gasteiger partial charge is 0.343 e. The van der Waals surface area contributed by atoms with Crippen molar-refractivity contribution in [1.29, 1.82) is 0 Å². The van der Waals surface area contributed by atoms with E-state index < -0.39 is 5.97 Å². The van der Waals surface area contributed by atoms with Crippen LogP contribution in [0.15, 0.2) is 30.6 Å². The van der Waals surface area contributed by atoms with E-state index in [9.17, 15) is 9.59 Å². The molecular weight excluding hydrogens is 356 g/mol. The number of nitrogens with one attached hydrogen (secondary N) is 2. The van der Waals surface area contributed by atoms with Gasteiger partial charge in [-0.15, -0.1) is 0 Å². The van der Waals surface area contributed by atoms with E-state index in [1.807, 2.05) is 31.2 Å². The van der Waals surface area contributed by atoms with Crippen molar-refractivity contribution in [3.63, 3.8) is 0 Å². The molecule has 1 aromatic heterocycles. The average Bonchev–Trinajstić information content (AvgIpc) is 2.69. The van der Waals surface area contributed by atoms with Crippen molar-refractivity contribution >= 4 is 17.7 Å². The Labute approximate surface area is 165 Å². The quantitative estimate of drug-likeness (QED) is 0.483. The van der Waals surface area contributed by atoms with Gasteiger partial charge >= 0.3 is 5.97 Å². The van der Waals surface area contributed by atoms with Gasteiger partial charge in [0.1, 0.15) is 11.9 Å². The van der Waals surface area contributed by atoms with E-state index in [-0.39, 0.29) is 30.3 Å². The van der Waals surface area contributed by atoms with Gasteiger partial charge < -0.3 is 15.4 Å². The Bertz CT molecular complexity index is 791. The van der Waals surface area contributed by atoms with Gasteiger partial charge in [-0.2, -0.15) is 0 Å². The van der Waals surface area contributed by atoms with Crippen molar-refractivity contribution in [3.8, 4) is 0 Å². The molecule has 2 aromatic rings. The van der Waals surface area contributed by atoms with E-state index in [4.69, 9.17) is 4.74 Å². The maximum absolute atomic E-state index is 12.5. The maximum Gasteiger partial charge on any atom is 0.343 e. The summed E-state index contributed by atoms with van der Waals surface area (Å²) in [4.78, 5) is 32.9. The molecule has 0 aliphatic rings. The van der Waals surface area contributed by atoms with Crippen LogP contribution in [-0.2, 0) is 28.8 Å². The van der Waals surface area contributed by atoms with Gasteiger partial charge in [0.05, 0.1) is 18.7 Å². The number of nitrogens with zero attached hydrogens (tertiary/aromatic N) is 2. The van der Waals surface area contributed by atoms with E-state index in [2.05, 4.69) is 27.5 Å². The van der Waals surface area contributed by atoms with Crippen LogP contribution < -0.4 is 10.6 Å². The second-order valence-corrected chi connectivity index (χ2v) is 6.26. The summed E-state index contributed by atoms with van der Waals surface area (Å²) >= 11 is 0. The first kappa shape index (κ1) is 21.5. The molecule has 0 aliphatic carbocycles. The van der Waals surface area contributed by atoms with Crippen LogP contribution in [0.4, 0.5) is 5.82 Å². The highest BCUT2D eigenvalue weighted by Gasteiger charge is 2.20. The van der Waals surface area contributed by atoms with Crippen molar-refractivity contribution in [2.24, 2.45) is 0 Å². The standard InChI is InChI=1S/C21H28N4O3/c1-4-17-19(21(27)28-6-3)20(24-14-23-17)25-18(26)13-16-9-7-15(8-10-16)11-12-22-5-2/h7-10,14,22H,4-6,11-13H2,1-3H3,(H,23,24,25,26). The molecule has 1 heterocycles. The first-order valence-electron chi connectivity index (χ1n) is 9.68. The summed E-state index contributed by atoms with van der Waals surface area (Å²) in [6.07, 6.45) is 3.02. The summed E-state index contributed by atoms with van der Waals surface area (Å²) in [5, 5.41) is 6.02. The molecule has 28 heavy (non-hydrogen) atoms. The van der Waals surface area contributed by atoms with Crippen LogP contribution in [-0.4, -0.2) is 41.5 Å². The molecule has 0 saturated heterocycles. The zero-order valence-corrected chi connectivity index (χ0v) is 16.7. The summed E-state index contributed by atoms with van der Waals surface area (Å²) in [7, 11) is 0. The van der Waals surface area contributed by atoms with E-state index >= 15 is 0 Å². The number of hydrogen-bond donors (Lipinski definition) is 2. The SMILES string of the molecule is CCNCCc1ccc(CC(=O)Nc2ncnc(CC)c2C(=O)OCC)cc1. The lowest BCUT2D eigenvalue weighted by Gasteiger charge is -2.12. The van der Waals surface area contributed by atoms with Crippen molar-refractivity contribution in [3.05, 3.63) is 53.0 Å². The van der Waals surface area contributed by atoms with Crippen LogP contribution in [0, 0.1) is 0 Å². The van der Waals surface area contributed by atoms with Gasteiger partial charge in [-0.05, 0) is 44.0 Å². The molecule has 0 aliphatic heterocycles. The number of aromatic nitrogens is 2. The van der Waals surface area contributed by atoms with Crippen LogP contribution in [0.5, 0.6) is 0 Å². The number of rotatable bonds is 10. The van der Waals surface area contributed by atoms with Gasteiger partial charge in [-0.25, -0.2) is 14.8 Å². The van der Waals surface area contributed by atoms with E-state index in [0.717, 1.165) is 25.1 Å². The Morgan fingerprint density at radius 2 is 1.75 bits per heavy atom. The minimum absolute atomic E-state index is 0.192. The molecule has 0 radical (unpaired) electrons. The van der Waals surface area contributed by atoms with Crippen molar-refractivity contribution in [2.45, 2.75) is 40.0 Å². The van der Waals surface area contributed by atoms with Crippen molar-refractivity contribution in [1.82, 2.24) is 15.3 Å². The van der Waals surface area contributed by atoms with Crippen LogP contribution in [0.1, 0.15) is 48.0 Å². The lowest BCUT2D eigenvalue weighted by atomic mass is 10.1. The van der Waals surface area contributed by atoms with Crippen molar-refractivity contribution in [2.75, 3.05) is 25.0 Å². The fraction of sp³-hybridized carbons (Fsp3) is 0.429. The molecule has 0 bridgehead atoms. The lowest BCUT2D eigenvalue weighted by Crippen LogP contribution is -2.20. The summed E-state index contributed by atoms with van der Waals surface area (Å²) in [6, 6.07) is 7.96. The predicted octanol–water partition coefficient (Wildman–Crippen LogP) is 2.55. The Hall–Kier alpha value is -2.80. The van der Waals surface area contributed by atoms with Gasteiger partial charge in [0.15, 0.2) is 5.82 Å². The number of carbonyl (C=O) groups excluding carboxylic acids is 2. The molecular formula is C21H28N4O3. The van der Waals surface area contributed by atoms with Crippen LogP contribution >= 0.6 is 0 Å². The third-order valence-electron chi connectivity index (χ3n) is 4.23. The predicted molar refractivity (Wildman–Crippen MR) is 108 cm³/mol. The number of likely N-dealkylation sites (N-methyl/N-ethyl adjacent to an activating group) is 1. The molecule has 7 nitrogen and oxygen atoms in total. The number of carbonyl (C=O) groups is 2. The minimum atomic E-state index is -0.528. The summed E-state index contributed by atoms with van der Waals surface area (Å²) in [5.41, 5.74) is 2.89. The molecule has 2 rings (SSSR count). The fourth-order valence-corrected chi connectivity index (χ4v) is 2.80. The number of benzene rings is 1. The third-order valence-corrected chi connectivity index (χ3v) is 4.23. The number of anilines is 1. The molecule has 7 heteroatoms. The number of hydrogen-bond acceptors (Lipinski definition) is 6. The summed E-state index contributed by atoms with van der Waals surface area (Å²) < 4.78 is 5.09. The molecule has 2 N–H and O–H groups in total. The molecule has 150 valence electrons. The number of ether oxygens (including phenoxy) is 1. The van der Waals surface area contributed by atoms with Crippen LogP contribution in [0.25, 0.3) is 0 Å². The van der Waals surface area contributed by atoms with Crippen molar-refractivity contribution < 1.29 is 14.3 Å². The fourth-order valence-electron chi connectivity index (χ4n) is 2.80. The normalized spacial score (nSPS) is 10.5. The first-order chi connectivity index (χ1) is 13.6. The molecule has 0 fully saturated rings. The number of aryl methyl sites for hydroxylation is 1. The van der Waals surface area contributed by atoms with Gasteiger partial charge in [-0.3, -0.25) is 4.79 Å². The van der Waals surface area contributed by atoms with E-state index in [1.54, 1.807) is 6.92 Å². The van der Waals surface area contributed by atoms with Gasteiger partial charge in [0.25, 0.3) is 0 Å². The van der Waals surface area contributed by atoms with Gasteiger partial charge in [-0.1, -0.05) is 38.1 Å². The highest BCUT2D eigenvalue weighted by Crippen LogP contribution is 2.18. The Kier molecular flexibility index (Phi) is 8.55. The monoisotopic (exact) mass is 384 g/mol. The largest absolute Gasteiger partial charge is 0.462 e. The summed E-state index contributed by atoms with van der Waals surface area (Å²) in [6.45, 7) is 7.82. The van der Waals surface area contributed by atoms with Gasteiger partial charge in [0.2, 0.25) is 5.91 Å². The average molecular weight is 384 g/mol. The molecule has 0 spiro atoms. The highest BCUT2D eigenvalue weighted by molar-refractivity contribution is 6.01. The zero-order chi connectivity index (χ0) is 20.4.